The van der Waals surface area contributed by atoms with E-state index in [4.69, 9.17) is 4.74 Å². The summed E-state index contributed by atoms with van der Waals surface area (Å²) in [6.45, 7) is 3.91. The second kappa shape index (κ2) is 8.86. The van der Waals surface area contributed by atoms with Crippen molar-refractivity contribution in [1.29, 1.82) is 0 Å². The van der Waals surface area contributed by atoms with Crippen molar-refractivity contribution in [2.24, 2.45) is 5.92 Å². The monoisotopic (exact) mass is 387 g/mol. The van der Waals surface area contributed by atoms with E-state index in [1.807, 2.05) is 4.90 Å². The number of carbonyl (C=O) groups excluding carboxylic acids is 2. The lowest BCUT2D eigenvalue weighted by atomic mass is 9.95. The van der Waals surface area contributed by atoms with Gasteiger partial charge in [0, 0.05) is 39.2 Å². The van der Waals surface area contributed by atoms with E-state index in [-0.39, 0.29) is 17.2 Å². The Kier molecular flexibility index (Phi) is 6.28. The van der Waals surface area contributed by atoms with Crippen molar-refractivity contribution < 1.29 is 19.2 Å². The maximum atomic E-state index is 12.3. The van der Waals surface area contributed by atoms with Crippen LogP contribution >= 0.6 is 0 Å². The Morgan fingerprint density at radius 3 is 2.57 bits per heavy atom. The summed E-state index contributed by atoms with van der Waals surface area (Å²) in [5.41, 5.74) is 0.526. The Hall–Kier alpha value is -2.90. The van der Waals surface area contributed by atoms with Gasteiger partial charge >= 0.3 is 5.97 Å². The molecular weight excluding hydrogens is 362 g/mol. The molecular formula is C20H25N3O5. The van der Waals surface area contributed by atoms with Crippen molar-refractivity contribution in [2.45, 2.75) is 26.2 Å². The molecule has 28 heavy (non-hydrogen) atoms. The van der Waals surface area contributed by atoms with E-state index >= 15 is 0 Å². The molecule has 1 saturated heterocycles. The Morgan fingerprint density at radius 2 is 1.96 bits per heavy atom. The Morgan fingerprint density at radius 1 is 1.21 bits per heavy atom. The van der Waals surface area contributed by atoms with Gasteiger partial charge in [0.2, 0.25) is 5.91 Å². The van der Waals surface area contributed by atoms with Crippen LogP contribution in [0, 0.1) is 16.0 Å². The van der Waals surface area contributed by atoms with Crippen molar-refractivity contribution in [1.82, 2.24) is 4.90 Å². The number of hydrogen-bond donors (Lipinski definition) is 0. The third-order valence-corrected chi connectivity index (χ3v) is 5.30. The van der Waals surface area contributed by atoms with Crippen LogP contribution in [0.2, 0.25) is 0 Å². The summed E-state index contributed by atoms with van der Waals surface area (Å²) in [4.78, 5) is 38.5. The highest BCUT2D eigenvalue weighted by atomic mass is 16.6. The van der Waals surface area contributed by atoms with Gasteiger partial charge in [-0.1, -0.05) is 12.2 Å². The van der Waals surface area contributed by atoms with Crippen molar-refractivity contribution in [3.63, 3.8) is 0 Å². The van der Waals surface area contributed by atoms with Crippen LogP contribution in [-0.2, 0) is 9.53 Å². The number of carbonyl (C=O) groups is 2. The van der Waals surface area contributed by atoms with Gasteiger partial charge in [-0.2, -0.15) is 0 Å². The molecule has 3 rings (SSSR count). The van der Waals surface area contributed by atoms with E-state index in [1.54, 1.807) is 17.0 Å². The van der Waals surface area contributed by atoms with Gasteiger partial charge in [0.25, 0.3) is 5.69 Å². The summed E-state index contributed by atoms with van der Waals surface area (Å²) in [6, 6.07) is 4.46. The van der Waals surface area contributed by atoms with Crippen LogP contribution in [0.25, 0.3) is 0 Å². The predicted molar refractivity (Wildman–Crippen MR) is 104 cm³/mol. The molecule has 1 atom stereocenters. The van der Waals surface area contributed by atoms with Gasteiger partial charge < -0.3 is 14.5 Å². The summed E-state index contributed by atoms with van der Waals surface area (Å²) in [6.07, 6.45) is 7.07. The zero-order chi connectivity index (χ0) is 20.1. The molecule has 8 nitrogen and oxygen atoms in total. The van der Waals surface area contributed by atoms with Crippen LogP contribution in [0.15, 0.2) is 30.4 Å². The van der Waals surface area contributed by atoms with E-state index in [1.165, 1.54) is 13.0 Å². The summed E-state index contributed by atoms with van der Waals surface area (Å²) < 4.78 is 5.37. The fourth-order valence-electron chi connectivity index (χ4n) is 3.61. The number of rotatable bonds is 5. The molecule has 1 amide bonds. The van der Waals surface area contributed by atoms with Crippen LogP contribution < -0.4 is 4.90 Å². The van der Waals surface area contributed by atoms with E-state index in [0.29, 0.717) is 44.4 Å². The largest absolute Gasteiger partial charge is 0.462 e. The maximum Gasteiger partial charge on any atom is 0.338 e. The van der Waals surface area contributed by atoms with E-state index < -0.39 is 10.9 Å². The lowest BCUT2D eigenvalue weighted by Gasteiger charge is -2.35. The maximum absolute atomic E-state index is 12.3. The summed E-state index contributed by atoms with van der Waals surface area (Å²) in [5, 5.41) is 11.6. The van der Waals surface area contributed by atoms with Crippen LogP contribution in [-0.4, -0.2) is 54.5 Å². The summed E-state index contributed by atoms with van der Waals surface area (Å²) in [7, 11) is 0. The Bertz CT molecular complexity index is 784. The van der Waals surface area contributed by atoms with E-state index in [0.717, 1.165) is 19.3 Å². The first kappa shape index (κ1) is 19.9. The number of benzene rings is 1. The molecule has 150 valence electrons. The van der Waals surface area contributed by atoms with Crippen molar-refractivity contribution in [3.05, 3.63) is 46.0 Å². The van der Waals surface area contributed by atoms with Gasteiger partial charge in [0.1, 0.15) is 5.69 Å². The predicted octanol–water partition coefficient (Wildman–Crippen LogP) is 2.78. The second-order valence-electron chi connectivity index (χ2n) is 7.20. The van der Waals surface area contributed by atoms with Crippen molar-refractivity contribution in [2.75, 3.05) is 37.7 Å². The molecule has 0 aromatic heterocycles. The standard InChI is InChI=1S/C20H25N3O5/c1-15(24)21-9-11-22(12-10-21)18-8-7-17(13-19(18)23(26)27)20(25)28-14-16-5-3-2-4-6-16/h2-3,7-8,13,16H,4-6,9-12,14H2,1H3. The van der Waals surface area contributed by atoms with Crippen molar-refractivity contribution >= 4 is 23.3 Å². The zero-order valence-electron chi connectivity index (χ0n) is 16.0. The SMILES string of the molecule is CC(=O)N1CCN(c2ccc(C(=O)OCC3CC=CCC3)cc2[N+](=O)[O-])CC1. The smallest absolute Gasteiger partial charge is 0.338 e. The fraction of sp³-hybridized carbons (Fsp3) is 0.500. The minimum Gasteiger partial charge on any atom is -0.462 e. The minimum absolute atomic E-state index is 0.000648. The third-order valence-electron chi connectivity index (χ3n) is 5.30. The number of ether oxygens (including phenoxy) is 1. The first-order chi connectivity index (χ1) is 13.5. The molecule has 8 heteroatoms. The lowest BCUT2D eigenvalue weighted by molar-refractivity contribution is -0.384. The molecule has 1 aliphatic heterocycles. The highest BCUT2D eigenvalue weighted by molar-refractivity contribution is 5.91. The summed E-state index contributed by atoms with van der Waals surface area (Å²) >= 11 is 0. The van der Waals surface area contributed by atoms with Gasteiger partial charge in [-0.25, -0.2) is 4.79 Å². The van der Waals surface area contributed by atoms with Crippen LogP contribution in [0.4, 0.5) is 11.4 Å². The molecule has 1 aromatic rings. The third kappa shape index (κ3) is 4.68. The van der Waals surface area contributed by atoms with E-state index in [2.05, 4.69) is 12.2 Å². The van der Waals surface area contributed by atoms with Gasteiger partial charge in [0.05, 0.1) is 17.1 Å². The number of hydrogen-bond acceptors (Lipinski definition) is 6. The first-order valence-corrected chi connectivity index (χ1v) is 9.56. The van der Waals surface area contributed by atoms with Crippen LogP contribution in [0.3, 0.4) is 0 Å². The minimum atomic E-state index is -0.536. The van der Waals surface area contributed by atoms with Crippen molar-refractivity contribution in [3.8, 4) is 0 Å². The molecule has 1 unspecified atom stereocenters. The number of allylic oxidation sites excluding steroid dienone is 2. The number of nitrogens with zero attached hydrogens (tertiary/aromatic N) is 3. The highest BCUT2D eigenvalue weighted by Crippen LogP contribution is 2.30. The molecule has 0 N–H and O–H groups in total. The lowest BCUT2D eigenvalue weighted by Crippen LogP contribution is -2.48. The molecule has 0 spiro atoms. The Labute approximate surface area is 163 Å². The van der Waals surface area contributed by atoms with Gasteiger partial charge in [0.15, 0.2) is 0 Å². The molecule has 1 fully saturated rings. The topological polar surface area (TPSA) is 93.0 Å². The fourth-order valence-corrected chi connectivity index (χ4v) is 3.61. The molecule has 0 bridgehead atoms. The molecule has 1 heterocycles. The number of nitro groups is 1. The molecule has 0 radical (unpaired) electrons. The summed E-state index contributed by atoms with van der Waals surface area (Å²) in [5.74, 6) is -0.230. The van der Waals surface area contributed by atoms with E-state index in [9.17, 15) is 19.7 Å². The highest BCUT2D eigenvalue weighted by Gasteiger charge is 2.26. The number of anilines is 1. The van der Waals surface area contributed by atoms with Gasteiger partial charge in [-0.3, -0.25) is 14.9 Å². The van der Waals surface area contributed by atoms with Gasteiger partial charge in [-0.15, -0.1) is 0 Å². The average molecular weight is 387 g/mol. The molecule has 1 aliphatic carbocycles. The Balaban J connectivity index is 1.68. The number of esters is 1. The normalized spacial score (nSPS) is 19.4. The van der Waals surface area contributed by atoms with Crippen LogP contribution in [0.1, 0.15) is 36.5 Å². The number of nitro benzene ring substituents is 1. The molecule has 1 aromatic carbocycles. The van der Waals surface area contributed by atoms with Crippen LogP contribution in [0.5, 0.6) is 0 Å². The number of amides is 1. The number of piperazine rings is 1. The zero-order valence-corrected chi connectivity index (χ0v) is 16.0. The van der Waals surface area contributed by atoms with Gasteiger partial charge in [-0.05, 0) is 37.3 Å². The second-order valence-corrected chi connectivity index (χ2v) is 7.20. The first-order valence-electron chi connectivity index (χ1n) is 9.56. The molecule has 2 aliphatic rings. The molecule has 0 saturated carbocycles. The quantitative estimate of drug-likeness (QED) is 0.334. The average Bonchev–Trinajstić information content (AvgIpc) is 2.72.